The number of esters is 1. The molecule has 7 nitrogen and oxygen atoms in total. The number of benzene rings is 2. The van der Waals surface area contributed by atoms with Crippen molar-refractivity contribution in [2.45, 2.75) is 19.9 Å². The number of nitrogens with one attached hydrogen (secondary N) is 1. The fourth-order valence-corrected chi connectivity index (χ4v) is 2.97. The Morgan fingerprint density at radius 2 is 1.71 bits per heavy atom. The number of ether oxygens (including phenoxy) is 1. The molecule has 28 heavy (non-hydrogen) atoms. The van der Waals surface area contributed by atoms with Crippen LogP contribution in [0.1, 0.15) is 33.2 Å². The van der Waals surface area contributed by atoms with Gasteiger partial charge in [-0.1, -0.05) is 29.8 Å². The molecule has 3 amide bonds. The van der Waals surface area contributed by atoms with Gasteiger partial charge in [-0.15, -0.1) is 0 Å². The Hall–Kier alpha value is -3.19. The van der Waals surface area contributed by atoms with Crippen LogP contribution < -0.4 is 5.32 Å². The van der Waals surface area contributed by atoms with Crippen LogP contribution in [0.25, 0.3) is 0 Å². The van der Waals surface area contributed by atoms with Crippen LogP contribution in [0.4, 0.5) is 5.69 Å². The maximum atomic E-state index is 12.4. The maximum Gasteiger partial charge on any atom is 0.329 e. The van der Waals surface area contributed by atoms with Crippen molar-refractivity contribution in [3.8, 4) is 0 Å². The second kappa shape index (κ2) is 7.82. The summed E-state index contributed by atoms with van der Waals surface area (Å²) >= 11 is 6.00. The second-order valence-electron chi connectivity index (χ2n) is 6.32. The first kappa shape index (κ1) is 19.6. The number of carbonyl (C=O) groups is 4. The Morgan fingerprint density at radius 3 is 2.29 bits per heavy atom. The fraction of sp³-hybridized carbons (Fsp3) is 0.200. The van der Waals surface area contributed by atoms with Gasteiger partial charge in [-0.05, 0) is 43.7 Å². The van der Waals surface area contributed by atoms with Crippen molar-refractivity contribution in [1.29, 1.82) is 0 Å². The number of carbonyl (C=O) groups excluding carboxylic acids is 4. The average Bonchev–Trinajstić information content (AvgIpc) is 2.93. The molecule has 1 N–H and O–H groups in total. The number of hydrogen-bond donors (Lipinski definition) is 1. The van der Waals surface area contributed by atoms with Gasteiger partial charge in [0.25, 0.3) is 17.7 Å². The monoisotopic (exact) mass is 400 g/mol. The minimum absolute atomic E-state index is 0.237. The Balaban J connectivity index is 1.59. The number of aryl methyl sites for hydroxylation is 1. The third-order valence-electron chi connectivity index (χ3n) is 4.36. The average molecular weight is 401 g/mol. The smallest absolute Gasteiger partial charge is 0.329 e. The molecule has 2 aromatic rings. The molecule has 0 spiro atoms. The van der Waals surface area contributed by atoms with E-state index in [1.54, 1.807) is 30.3 Å². The van der Waals surface area contributed by atoms with Gasteiger partial charge < -0.3 is 10.1 Å². The van der Waals surface area contributed by atoms with E-state index >= 15 is 0 Å². The minimum atomic E-state index is -1.16. The summed E-state index contributed by atoms with van der Waals surface area (Å²) in [5.74, 6) is -2.55. The Kier molecular flexibility index (Phi) is 5.46. The molecule has 1 atom stereocenters. The minimum Gasteiger partial charge on any atom is -0.454 e. The van der Waals surface area contributed by atoms with Gasteiger partial charge in [0.2, 0.25) is 0 Å². The van der Waals surface area contributed by atoms with Gasteiger partial charge in [0.05, 0.1) is 11.1 Å². The van der Waals surface area contributed by atoms with E-state index in [0.717, 1.165) is 10.5 Å². The molecule has 3 rings (SSSR count). The first-order valence-electron chi connectivity index (χ1n) is 8.49. The van der Waals surface area contributed by atoms with Crippen LogP contribution in [0, 0.1) is 6.92 Å². The van der Waals surface area contributed by atoms with Crippen molar-refractivity contribution in [1.82, 2.24) is 4.90 Å². The molecule has 1 aliphatic rings. The van der Waals surface area contributed by atoms with Gasteiger partial charge in [0.1, 0.15) is 6.04 Å². The van der Waals surface area contributed by atoms with E-state index in [4.69, 9.17) is 16.3 Å². The molecule has 1 heterocycles. The molecule has 0 aliphatic carbocycles. The molecule has 0 saturated heterocycles. The largest absolute Gasteiger partial charge is 0.454 e. The number of fused-ring (bicyclic) bond motifs is 1. The zero-order valence-corrected chi connectivity index (χ0v) is 15.9. The van der Waals surface area contributed by atoms with Crippen molar-refractivity contribution < 1.29 is 23.9 Å². The molecular formula is C20H17ClN2O5. The molecule has 0 aromatic heterocycles. The number of amides is 3. The lowest BCUT2D eigenvalue weighted by atomic mass is 10.1. The van der Waals surface area contributed by atoms with Gasteiger partial charge in [0.15, 0.2) is 6.61 Å². The molecule has 0 radical (unpaired) electrons. The van der Waals surface area contributed by atoms with Gasteiger partial charge in [-0.25, -0.2) is 4.79 Å². The summed E-state index contributed by atoms with van der Waals surface area (Å²) < 4.78 is 4.97. The molecule has 0 unspecified atom stereocenters. The Bertz CT molecular complexity index is 953. The van der Waals surface area contributed by atoms with Crippen LogP contribution in [-0.4, -0.2) is 41.2 Å². The number of imide groups is 1. The lowest BCUT2D eigenvalue weighted by Gasteiger charge is -2.20. The van der Waals surface area contributed by atoms with Gasteiger partial charge in [0, 0.05) is 10.7 Å². The standard InChI is InChI=1S/C20H17ClN2O5/c1-11-7-8-13(9-16(11)21)22-17(24)10-28-20(27)12(2)23-18(25)14-5-3-4-6-15(14)19(23)26/h3-9,12H,10H2,1-2H3,(H,22,24)/t12-/m1/s1. The third kappa shape index (κ3) is 3.75. The van der Waals surface area contributed by atoms with Crippen molar-refractivity contribution in [2.75, 3.05) is 11.9 Å². The fourth-order valence-electron chi connectivity index (χ4n) is 2.79. The summed E-state index contributed by atoms with van der Waals surface area (Å²) in [4.78, 5) is 49.9. The molecule has 8 heteroatoms. The van der Waals surface area contributed by atoms with Crippen LogP contribution in [0.2, 0.25) is 5.02 Å². The van der Waals surface area contributed by atoms with Gasteiger partial charge in [-0.2, -0.15) is 0 Å². The van der Waals surface area contributed by atoms with Crippen LogP contribution in [0.15, 0.2) is 42.5 Å². The summed E-state index contributed by atoms with van der Waals surface area (Å²) in [5.41, 5.74) is 1.80. The number of nitrogens with zero attached hydrogens (tertiary/aromatic N) is 1. The van der Waals surface area contributed by atoms with E-state index in [9.17, 15) is 19.2 Å². The molecule has 0 saturated carbocycles. The third-order valence-corrected chi connectivity index (χ3v) is 4.76. The predicted molar refractivity (Wildman–Crippen MR) is 102 cm³/mol. The number of halogens is 1. The Labute approximate surface area is 166 Å². The van der Waals surface area contributed by atoms with Crippen LogP contribution in [-0.2, 0) is 14.3 Å². The highest BCUT2D eigenvalue weighted by atomic mass is 35.5. The Morgan fingerprint density at radius 1 is 1.11 bits per heavy atom. The summed E-state index contributed by atoms with van der Waals surface area (Å²) in [6.07, 6.45) is 0. The zero-order valence-electron chi connectivity index (χ0n) is 15.2. The molecule has 0 bridgehead atoms. The van der Waals surface area contributed by atoms with Crippen LogP contribution >= 0.6 is 11.6 Å². The van der Waals surface area contributed by atoms with Crippen molar-refractivity contribution in [3.63, 3.8) is 0 Å². The zero-order chi connectivity index (χ0) is 20.4. The number of anilines is 1. The highest BCUT2D eigenvalue weighted by Crippen LogP contribution is 2.25. The van der Waals surface area contributed by atoms with Crippen molar-refractivity contribution in [3.05, 3.63) is 64.2 Å². The lowest BCUT2D eigenvalue weighted by molar-refractivity contribution is -0.150. The van der Waals surface area contributed by atoms with E-state index in [1.807, 2.05) is 6.92 Å². The van der Waals surface area contributed by atoms with E-state index in [2.05, 4.69) is 5.32 Å². The van der Waals surface area contributed by atoms with Gasteiger partial charge in [-0.3, -0.25) is 19.3 Å². The van der Waals surface area contributed by atoms with E-state index in [1.165, 1.54) is 19.1 Å². The SMILES string of the molecule is Cc1ccc(NC(=O)COC(=O)[C@@H](C)N2C(=O)c3ccccc3C2=O)cc1Cl. The van der Waals surface area contributed by atoms with E-state index < -0.39 is 36.3 Å². The van der Waals surface area contributed by atoms with Crippen LogP contribution in [0.5, 0.6) is 0 Å². The van der Waals surface area contributed by atoms with Crippen molar-refractivity contribution >= 4 is 41.0 Å². The number of rotatable bonds is 5. The van der Waals surface area contributed by atoms with E-state index in [0.29, 0.717) is 10.7 Å². The normalized spacial score (nSPS) is 13.9. The molecular weight excluding hydrogens is 384 g/mol. The predicted octanol–water partition coefficient (Wildman–Crippen LogP) is 2.81. The lowest BCUT2D eigenvalue weighted by Crippen LogP contribution is -2.44. The second-order valence-corrected chi connectivity index (χ2v) is 6.73. The highest BCUT2D eigenvalue weighted by Gasteiger charge is 2.41. The first-order valence-corrected chi connectivity index (χ1v) is 8.87. The first-order chi connectivity index (χ1) is 13.3. The van der Waals surface area contributed by atoms with E-state index in [-0.39, 0.29) is 11.1 Å². The summed E-state index contributed by atoms with van der Waals surface area (Å²) in [5, 5.41) is 3.05. The maximum absolute atomic E-state index is 12.4. The molecule has 2 aromatic carbocycles. The van der Waals surface area contributed by atoms with Gasteiger partial charge >= 0.3 is 5.97 Å². The number of hydrogen-bond acceptors (Lipinski definition) is 5. The highest BCUT2D eigenvalue weighted by molar-refractivity contribution is 6.31. The van der Waals surface area contributed by atoms with Crippen LogP contribution in [0.3, 0.4) is 0 Å². The molecule has 144 valence electrons. The summed E-state index contributed by atoms with van der Waals surface area (Å²) in [7, 11) is 0. The molecule has 0 fully saturated rings. The molecule has 1 aliphatic heterocycles. The van der Waals surface area contributed by atoms with Crippen molar-refractivity contribution in [2.24, 2.45) is 0 Å². The quantitative estimate of drug-likeness (QED) is 0.615. The summed E-state index contributed by atoms with van der Waals surface area (Å²) in [6, 6.07) is 10.2. The topological polar surface area (TPSA) is 92.8 Å². The summed E-state index contributed by atoms with van der Waals surface area (Å²) in [6.45, 7) is 2.65.